The Morgan fingerprint density at radius 1 is 0.952 bits per heavy atom. The van der Waals surface area contributed by atoms with E-state index in [-0.39, 0.29) is 11.3 Å². The van der Waals surface area contributed by atoms with Crippen LogP contribution in [0.15, 0.2) is 54.6 Å². The van der Waals surface area contributed by atoms with Crippen molar-refractivity contribution in [2.24, 2.45) is 0 Å². The van der Waals surface area contributed by atoms with Crippen molar-refractivity contribution in [3.05, 3.63) is 65.7 Å². The van der Waals surface area contributed by atoms with Crippen LogP contribution in [0.4, 0.5) is 0 Å². The van der Waals surface area contributed by atoms with Gasteiger partial charge in [-0.15, -0.1) is 0 Å². The van der Waals surface area contributed by atoms with Gasteiger partial charge in [0.05, 0.1) is 5.56 Å². The largest absolute Gasteiger partial charge is 0.507 e. The highest BCUT2D eigenvalue weighted by Crippen LogP contribution is 2.38. The maximum atomic E-state index is 11.5. The molecule has 0 unspecified atom stereocenters. The van der Waals surface area contributed by atoms with Crippen LogP contribution in [0.25, 0.3) is 21.9 Å². The van der Waals surface area contributed by atoms with Gasteiger partial charge in [-0.1, -0.05) is 42.5 Å². The number of aromatic carboxylic acids is 1. The Morgan fingerprint density at radius 2 is 1.57 bits per heavy atom. The first-order valence-corrected chi connectivity index (χ1v) is 6.63. The molecular formula is C18H14O3. The Morgan fingerprint density at radius 3 is 2.29 bits per heavy atom. The molecule has 3 aromatic carbocycles. The molecule has 3 heteroatoms. The SMILES string of the molecule is Cc1cc(O)c2ccccc2c1-c1ccccc1C(=O)O. The van der Waals surface area contributed by atoms with Crippen LogP contribution in [-0.4, -0.2) is 16.2 Å². The predicted molar refractivity (Wildman–Crippen MR) is 82.7 cm³/mol. The molecule has 0 fully saturated rings. The molecule has 2 N–H and O–H groups in total. The molecule has 0 heterocycles. The summed E-state index contributed by atoms with van der Waals surface area (Å²) in [6.07, 6.45) is 0. The molecule has 0 aliphatic carbocycles. The maximum absolute atomic E-state index is 11.5. The molecule has 0 atom stereocenters. The number of aryl methyl sites for hydroxylation is 1. The van der Waals surface area contributed by atoms with Gasteiger partial charge in [0.25, 0.3) is 0 Å². The molecule has 0 aliphatic heterocycles. The van der Waals surface area contributed by atoms with Crippen molar-refractivity contribution >= 4 is 16.7 Å². The second-order valence-electron chi connectivity index (χ2n) is 4.98. The minimum atomic E-state index is -0.956. The highest BCUT2D eigenvalue weighted by atomic mass is 16.4. The zero-order valence-electron chi connectivity index (χ0n) is 11.5. The van der Waals surface area contributed by atoms with E-state index < -0.39 is 5.97 Å². The summed E-state index contributed by atoms with van der Waals surface area (Å²) in [7, 11) is 0. The first-order valence-electron chi connectivity index (χ1n) is 6.63. The molecule has 104 valence electrons. The minimum Gasteiger partial charge on any atom is -0.507 e. The number of benzene rings is 3. The van der Waals surface area contributed by atoms with Crippen LogP contribution in [-0.2, 0) is 0 Å². The third kappa shape index (κ3) is 2.13. The molecule has 3 rings (SSSR count). The number of fused-ring (bicyclic) bond motifs is 1. The number of carbonyl (C=O) groups is 1. The van der Waals surface area contributed by atoms with Gasteiger partial charge in [-0.05, 0) is 41.1 Å². The van der Waals surface area contributed by atoms with Gasteiger partial charge in [0.1, 0.15) is 5.75 Å². The van der Waals surface area contributed by atoms with Gasteiger partial charge in [-0.25, -0.2) is 4.79 Å². The van der Waals surface area contributed by atoms with E-state index in [9.17, 15) is 15.0 Å². The topological polar surface area (TPSA) is 57.5 Å². The van der Waals surface area contributed by atoms with Crippen LogP contribution in [0.1, 0.15) is 15.9 Å². The maximum Gasteiger partial charge on any atom is 0.336 e. The van der Waals surface area contributed by atoms with Crippen molar-refractivity contribution in [2.75, 3.05) is 0 Å². The van der Waals surface area contributed by atoms with E-state index in [1.807, 2.05) is 37.3 Å². The first kappa shape index (κ1) is 13.2. The fourth-order valence-corrected chi connectivity index (χ4v) is 2.74. The highest BCUT2D eigenvalue weighted by molar-refractivity contribution is 6.06. The number of carboxylic acid groups (broad SMARTS) is 1. The van der Waals surface area contributed by atoms with E-state index in [0.29, 0.717) is 5.56 Å². The van der Waals surface area contributed by atoms with E-state index in [4.69, 9.17) is 0 Å². The molecule has 0 bridgehead atoms. The number of carboxylic acids is 1. The lowest BCUT2D eigenvalue weighted by molar-refractivity contribution is 0.0698. The van der Waals surface area contributed by atoms with Crippen molar-refractivity contribution in [1.29, 1.82) is 0 Å². The number of rotatable bonds is 2. The van der Waals surface area contributed by atoms with Gasteiger partial charge in [-0.3, -0.25) is 0 Å². The minimum absolute atomic E-state index is 0.208. The van der Waals surface area contributed by atoms with Crippen LogP contribution in [0.3, 0.4) is 0 Å². The molecule has 0 aliphatic rings. The van der Waals surface area contributed by atoms with Gasteiger partial charge in [0.15, 0.2) is 0 Å². The molecule has 0 spiro atoms. The summed E-state index contributed by atoms with van der Waals surface area (Å²) in [5, 5.41) is 21.1. The summed E-state index contributed by atoms with van der Waals surface area (Å²) in [6.45, 7) is 1.88. The number of aromatic hydroxyl groups is 1. The lowest BCUT2D eigenvalue weighted by Crippen LogP contribution is -2.00. The molecule has 0 saturated heterocycles. The molecule has 0 saturated carbocycles. The summed E-state index contributed by atoms with van der Waals surface area (Å²) < 4.78 is 0. The number of phenolic OH excluding ortho intramolecular Hbond substituents is 1. The standard InChI is InChI=1S/C18H14O3/c1-11-10-16(19)12-6-2-3-7-13(12)17(11)14-8-4-5-9-15(14)18(20)21/h2-10,19H,1H3,(H,20,21). The lowest BCUT2D eigenvalue weighted by atomic mass is 9.90. The summed E-state index contributed by atoms with van der Waals surface area (Å²) in [6, 6.07) is 16.1. The number of hydrogen-bond acceptors (Lipinski definition) is 2. The Bertz CT molecular complexity index is 850. The molecule has 0 amide bonds. The Labute approximate surface area is 122 Å². The average Bonchev–Trinajstić information content (AvgIpc) is 2.47. The average molecular weight is 278 g/mol. The highest BCUT2D eigenvalue weighted by Gasteiger charge is 2.16. The van der Waals surface area contributed by atoms with Crippen molar-refractivity contribution in [1.82, 2.24) is 0 Å². The molecule has 0 radical (unpaired) electrons. The Balaban J connectivity index is 2.44. The van der Waals surface area contributed by atoms with Crippen molar-refractivity contribution in [3.8, 4) is 16.9 Å². The molecule has 21 heavy (non-hydrogen) atoms. The van der Waals surface area contributed by atoms with Gasteiger partial charge in [-0.2, -0.15) is 0 Å². The van der Waals surface area contributed by atoms with E-state index in [0.717, 1.165) is 21.9 Å². The van der Waals surface area contributed by atoms with E-state index in [1.165, 1.54) is 0 Å². The van der Waals surface area contributed by atoms with Gasteiger partial charge < -0.3 is 10.2 Å². The van der Waals surface area contributed by atoms with Crippen LogP contribution in [0, 0.1) is 6.92 Å². The van der Waals surface area contributed by atoms with Crippen LogP contribution in [0.5, 0.6) is 5.75 Å². The molecule has 0 aromatic heterocycles. The predicted octanol–water partition coefficient (Wildman–Crippen LogP) is 4.22. The Kier molecular flexibility index (Phi) is 3.10. The summed E-state index contributed by atoms with van der Waals surface area (Å²) in [4.78, 5) is 11.5. The summed E-state index contributed by atoms with van der Waals surface area (Å²) in [5.41, 5.74) is 2.62. The fraction of sp³-hybridized carbons (Fsp3) is 0.0556. The fourth-order valence-electron chi connectivity index (χ4n) is 2.74. The smallest absolute Gasteiger partial charge is 0.336 e. The summed E-state index contributed by atoms with van der Waals surface area (Å²) in [5.74, 6) is -0.748. The van der Waals surface area contributed by atoms with Crippen molar-refractivity contribution in [2.45, 2.75) is 6.92 Å². The monoisotopic (exact) mass is 278 g/mol. The van der Waals surface area contributed by atoms with Gasteiger partial charge >= 0.3 is 5.97 Å². The Hall–Kier alpha value is -2.81. The lowest BCUT2D eigenvalue weighted by Gasteiger charge is -2.14. The van der Waals surface area contributed by atoms with Crippen molar-refractivity contribution < 1.29 is 15.0 Å². The van der Waals surface area contributed by atoms with E-state index >= 15 is 0 Å². The third-order valence-corrected chi connectivity index (χ3v) is 3.65. The zero-order chi connectivity index (χ0) is 15.0. The summed E-state index contributed by atoms with van der Waals surface area (Å²) >= 11 is 0. The van der Waals surface area contributed by atoms with Crippen LogP contribution >= 0.6 is 0 Å². The second-order valence-corrected chi connectivity index (χ2v) is 4.98. The normalized spacial score (nSPS) is 10.7. The van der Waals surface area contributed by atoms with E-state index in [2.05, 4.69) is 0 Å². The zero-order valence-corrected chi connectivity index (χ0v) is 11.5. The quantitative estimate of drug-likeness (QED) is 0.738. The molecule has 3 nitrogen and oxygen atoms in total. The molecule has 3 aromatic rings. The van der Waals surface area contributed by atoms with Crippen LogP contribution < -0.4 is 0 Å². The van der Waals surface area contributed by atoms with E-state index in [1.54, 1.807) is 24.3 Å². The van der Waals surface area contributed by atoms with Gasteiger partial charge in [0.2, 0.25) is 0 Å². The van der Waals surface area contributed by atoms with Gasteiger partial charge in [0, 0.05) is 5.39 Å². The van der Waals surface area contributed by atoms with Crippen LogP contribution in [0.2, 0.25) is 0 Å². The van der Waals surface area contributed by atoms with Crippen molar-refractivity contribution in [3.63, 3.8) is 0 Å². The first-order chi connectivity index (χ1) is 10.1. The third-order valence-electron chi connectivity index (χ3n) is 3.65. The number of phenols is 1. The second kappa shape index (κ2) is 4.94. The molecular weight excluding hydrogens is 264 g/mol. The number of hydrogen-bond donors (Lipinski definition) is 2.